The van der Waals surface area contributed by atoms with E-state index in [1.165, 1.54) is 17.7 Å². The molecule has 2 N–H and O–H groups in total. The Morgan fingerprint density at radius 3 is 2.74 bits per heavy atom. The SMILES string of the molecule is C.CC.Cc1nsc2[nH]cc(C(=O)NC3=CCCC=C3)c(=O)c12. The molecule has 1 amide bonds. The van der Waals surface area contributed by atoms with Crippen LogP contribution >= 0.6 is 11.5 Å². The first-order valence-electron chi connectivity index (χ1n) is 7.32. The van der Waals surface area contributed by atoms with Crippen LogP contribution < -0.4 is 10.7 Å². The van der Waals surface area contributed by atoms with Crippen molar-refractivity contribution in [3.05, 3.63) is 51.6 Å². The van der Waals surface area contributed by atoms with E-state index in [0.29, 0.717) is 15.9 Å². The number of hydrogen-bond acceptors (Lipinski definition) is 4. The summed E-state index contributed by atoms with van der Waals surface area (Å²) in [6.45, 7) is 5.77. The van der Waals surface area contributed by atoms with Crippen molar-refractivity contribution in [3.8, 4) is 0 Å². The average molecular weight is 333 g/mol. The first kappa shape index (κ1) is 18.8. The minimum Gasteiger partial charge on any atom is -0.351 e. The lowest BCUT2D eigenvalue weighted by Gasteiger charge is -2.08. The summed E-state index contributed by atoms with van der Waals surface area (Å²) < 4.78 is 4.13. The van der Waals surface area contributed by atoms with Crippen molar-refractivity contribution in [1.29, 1.82) is 0 Å². The third kappa shape index (κ3) is 3.96. The number of fused-ring (bicyclic) bond motifs is 1. The molecule has 5 nitrogen and oxygen atoms in total. The monoisotopic (exact) mass is 333 g/mol. The molecule has 2 aromatic heterocycles. The maximum absolute atomic E-state index is 12.3. The number of rotatable bonds is 2. The smallest absolute Gasteiger partial charge is 0.261 e. The number of H-pyrrole nitrogens is 1. The lowest BCUT2D eigenvalue weighted by Crippen LogP contribution is -2.28. The minimum absolute atomic E-state index is 0. The van der Waals surface area contributed by atoms with E-state index in [2.05, 4.69) is 14.7 Å². The Morgan fingerprint density at radius 1 is 1.35 bits per heavy atom. The van der Waals surface area contributed by atoms with E-state index in [1.54, 1.807) is 6.92 Å². The molecule has 0 bridgehead atoms. The second-order valence-corrected chi connectivity index (χ2v) is 5.37. The number of nitrogens with zero attached hydrogens (tertiary/aromatic N) is 1. The molecule has 0 radical (unpaired) electrons. The lowest BCUT2D eigenvalue weighted by atomic mass is 10.1. The van der Waals surface area contributed by atoms with Crippen LogP contribution in [0.3, 0.4) is 0 Å². The molecule has 0 saturated heterocycles. The average Bonchev–Trinajstić information content (AvgIpc) is 2.92. The van der Waals surface area contributed by atoms with Crippen LogP contribution in [0.2, 0.25) is 0 Å². The van der Waals surface area contributed by atoms with E-state index in [4.69, 9.17) is 0 Å². The number of pyridine rings is 1. The molecular weight excluding hydrogens is 310 g/mol. The number of carbonyl (C=O) groups is 1. The minimum atomic E-state index is -0.392. The van der Waals surface area contributed by atoms with Gasteiger partial charge in [0.25, 0.3) is 5.91 Å². The first-order chi connectivity index (χ1) is 10.7. The molecule has 2 aromatic rings. The Bertz CT molecular complexity index is 800. The molecule has 3 rings (SSSR count). The highest BCUT2D eigenvalue weighted by molar-refractivity contribution is 7.12. The third-order valence-corrected chi connectivity index (χ3v) is 4.05. The summed E-state index contributed by atoms with van der Waals surface area (Å²) >= 11 is 1.22. The van der Waals surface area contributed by atoms with Crippen LogP contribution in [0, 0.1) is 6.92 Å². The predicted molar refractivity (Wildman–Crippen MR) is 97.0 cm³/mol. The van der Waals surface area contributed by atoms with Crippen molar-refractivity contribution in [1.82, 2.24) is 14.7 Å². The maximum atomic E-state index is 12.3. The van der Waals surface area contributed by atoms with Gasteiger partial charge in [0.15, 0.2) is 0 Å². The Labute approximate surface area is 140 Å². The van der Waals surface area contributed by atoms with Gasteiger partial charge in [0, 0.05) is 11.9 Å². The summed E-state index contributed by atoms with van der Waals surface area (Å²) in [5, 5.41) is 3.25. The second-order valence-electron chi connectivity index (χ2n) is 4.60. The van der Waals surface area contributed by atoms with Gasteiger partial charge in [-0.1, -0.05) is 33.4 Å². The van der Waals surface area contributed by atoms with Crippen molar-refractivity contribution >= 4 is 27.7 Å². The van der Waals surface area contributed by atoms with Crippen LogP contribution in [0.1, 0.15) is 50.2 Å². The third-order valence-electron chi connectivity index (χ3n) is 3.18. The van der Waals surface area contributed by atoms with E-state index in [0.717, 1.165) is 18.5 Å². The van der Waals surface area contributed by atoms with Gasteiger partial charge in [-0.3, -0.25) is 9.59 Å². The highest BCUT2D eigenvalue weighted by Gasteiger charge is 2.16. The second kappa shape index (κ2) is 8.43. The van der Waals surface area contributed by atoms with Crippen LogP contribution in [0.25, 0.3) is 10.2 Å². The normalized spacial score (nSPS) is 12.7. The zero-order valence-electron chi connectivity index (χ0n) is 12.9. The molecule has 1 aliphatic rings. The molecule has 0 aliphatic heterocycles. The quantitative estimate of drug-likeness (QED) is 0.874. The van der Waals surface area contributed by atoms with Crippen molar-refractivity contribution in [3.63, 3.8) is 0 Å². The van der Waals surface area contributed by atoms with Crippen molar-refractivity contribution in [2.75, 3.05) is 0 Å². The number of aromatic nitrogens is 2. The van der Waals surface area contributed by atoms with E-state index in [1.807, 2.05) is 32.1 Å². The van der Waals surface area contributed by atoms with E-state index >= 15 is 0 Å². The molecule has 6 heteroatoms. The molecule has 0 saturated carbocycles. The molecule has 0 unspecified atom stereocenters. The van der Waals surface area contributed by atoms with Crippen LogP contribution in [-0.4, -0.2) is 15.3 Å². The fourth-order valence-electron chi connectivity index (χ4n) is 2.15. The number of aryl methyl sites for hydroxylation is 1. The molecular formula is C17H23N3O2S. The first-order valence-corrected chi connectivity index (χ1v) is 8.10. The number of hydrogen-bond donors (Lipinski definition) is 2. The van der Waals surface area contributed by atoms with Gasteiger partial charge in [-0.25, -0.2) is 0 Å². The Morgan fingerprint density at radius 2 is 2.09 bits per heavy atom. The van der Waals surface area contributed by atoms with Crippen LogP contribution in [0.4, 0.5) is 0 Å². The lowest BCUT2D eigenvalue weighted by molar-refractivity contribution is 0.0966. The molecule has 0 aromatic carbocycles. The summed E-state index contributed by atoms with van der Waals surface area (Å²) in [4.78, 5) is 28.2. The molecule has 0 spiro atoms. The van der Waals surface area contributed by atoms with Crippen molar-refractivity contribution in [2.24, 2.45) is 0 Å². The number of aromatic amines is 1. The molecule has 0 atom stereocenters. The Balaban J connectivity index is 0.000000849. The number of allylic oxidation sites excluding steroid dienone is 3. The Hall–Kier alpha value is -2.21. The molecule has 124 valence electrons. The fourth-order valence-corrected chi connectivity index (χ4v) is 2.91. The van der Waals surface area contributed by atoms with Gasteiger partial charge in [0.2, 0.25) is 5.43 Å². The van der Waals surface area contributed by atoms with Crippen molar-refractivity contribution < 1.29 is 4.79 Å². The highest BCUT2D eigenvalue weighted by atomic mass is 32.1. The summed E-state index contributed by atoms with van der Waals surface area (Å²) in [6.07, 6.45) is 9.12. The maximum Gasteiger partial charge on any atom is 0.261 e. The van der Waals surface area contributed by atoms with Gasteiger partial charge in [-0.15, -0.1) is 0 Å². The van der Waals surface area contributed by atoms with Crippen LogP contribution in [0.15, 0.2) is 34.9 Å². The number of nitrogens with one attached hydrogen (secondary N) is 2. The van der Waals surface area contributed by atoms with Crippen molar-refractivity contribution in [2.45, 2.75) is 41.0 Å². The summed E-state index contributed by atoms with van der Waals surface area (Å²) in [7, 11) is 0. The van der Waals surface area contributed by atoms with Gasteiger partial charge in [0.05, 0.1) is 11.1 Å². The summed E-state index contributed by atoms with van der Waals surface area (Å²) in [5.74, 6) is -0.392. The standard InChI is InChI=1S/C14H13N3O2S.C2H6.CH4/c1-8-11-12(18)10(7-15-14(11)20-17-8)13(19)16-9-5-3-2-4-6-9;1-2;/h3,5-7H,2,4H2,1H3,(H,15,18)(H,16,19);1-2H3;1H4. The van der Waals surface area contributed by atoms with Gasteiger partial charge in [0.1, 0.15) is 10.4 Å². The van der Waals surface area contributed by atoms with Crippen LogP contribution in [0.5, 0.6) is 0 Å². The largest absolute Gasteiger partial charge is 0.351 e. The van der Waals surface area contributed by atoms with Gasteiger partial charge >= 0.3 is 0 Å². The topological polar surface area (TPSA) is 74.8 Å². The molecule has 2 heterocycles. The van der Waals surface area contributed by atoms with Crippen LogP contribution in [-0.2, 0) is 0 Å². The predicted octanol–water partition coefficient (Wildman–Crippen LogP) is 3.92. The number of carbonyl (C=O) groups excluding carboxylic acids is 1. The van der Waals surface area contributed by atoms with E-state index in [-0.39, 0.29) is 18.4 Å². The summed E-state index contributed by atoms with van der Waals surface area (Å²) in [5.41, 5.74) is 1.22. The van der Waals surface area contributed by atoms with E-state index in [9.17, 15) is 9.59 Å². The fraction of sp³-hybridized carbons (Fsp3) is 0.353. The van der Waals surface area contributed by atoms with E-state index < -0.39 is 5.91 Å². The molecule has 1 aliphatic carbocycles. The highest BCUT2D eigenvalue weighted by Crippen LogP contribution is 2.16. The zero-order valence-corrected chi connectivity index (χ0v) is 13.7. The van der Waals surface area contributed by atoms with Gasteiger partial charge < -0.3 is 10.3 Å². The zero-order chi connectivity index (χ0) is 16.1. The number of amides is 1. The van der Waals surface area contributed by atoms with Gasteiger partial charge in [-0.2, -0.15) is 4.37 Å². The summed E-state index contributed by atoms with van der Waals surface area (Å²) in [6, 6.07) is 0. The Kier molecular flexibility index (Phi) is 6.90. The van der Waals surface area contributed by atoms with Gasteiger partial charge in [-0.05, 0) is 37.4 Å². The molecule has 0 fully saturated rings. The molecule has 23 heavy (non-hydrogen) atoms.